The fourth-order valence-electron chi connectivity index (χ4n) is 2.18. The molecule has 0 bridgehead atoms. The highest BCUT2D eigenvalue weighted by atomic mass is 127. The molecule has 1 aliphatic rings. The SMILES string of the molecule is CCC1CN(c2cccc(I)c2)CCCN1. The van der Waals surface area contributed by atoms with E-state index in [-0.39, 0.29) is 0 Å². The second kappa shape index (κ2) is 5.87. The van der Waals surface area contributed by atoms with E-state index in [1.165, 1.54) is 28.6 Å². The Labute approximate surface area is 112 Å². The monoisotopic (exact) mass is 330 g/mol. The largest absolute Gasteiger partial charge is 0.370 e. The maximum absolute atomic E-state index is 3.60. The lowest BCUT2D eigenvalue weighted by Crippen LogP contribution is -2.37. The van der Waals surface area contributed by atoms with Gasteiger partial charge in [-0.25, -0.2) is 0 Å². The summed E-state index contributed by atoms with van der Waals surface area (Å²) in [6, 6.07) is 9.44. The summed E-state index contributed by atoms with van der Waals surface area (Å²) < 4.78 is 1.32. The number of nitrogens with one attached hydrogen (secondary N) is 1. The van der Waals surface area contributed by atoms with Gasteiger partial charge in [-0.1, -0.05) is 13.0 Å². The van der Waals surface area contributed by atoms with E-state index in [2.05, 4.69) is 64.0 Å². The van der Waals surface area contributed by atoms with E-state index in [0.29, 0.717) is 6.04 Å². The van der Waals surface area contributed by atoms with Gasteiger partial charge in [0.25, 0.3) is 0 Å². The van der Waals surface area contributed by atoms with Gasteiger partial charge < -0.3 is 10.2 Å². The third-order valence-electron chi connectivity index (χ3n) is 3.14. The summed E-state index contributed by atoms with van der Waals surface area (Å²) >= 11 is 2.38. The Kier molecular flexibility index (Phi) is 4.46. The van der Waals surface area contributed by atoms with E-state index in [1.54, 1.807) is 0 Å². The molecule has 0 saturated carbocycles. The number of nitrogens with zero attached hydrogens (tertiary/aromatic N) is 1. The van der Waals surface area contributed by atoms with Gasteiger partial charge in [0.15, 0.2) is 0 Å². The Morgan fingerprint density at radius 1 is 1.50 bits per heavy atom. The molecule has 1 unspecified atom stereocenters. The second-order valence-corrected chi connectivity index (χ2v) is 5.58. The molecule has 2 rings (SSSR count). The number of halogens is 1. The van der Waals surface area contributed by atoms with Gasteiger partial charge in [-0.15, -0.1) is 0 Å². The van der Waals surface area contributed by atoms with Gasteiger partial charge >= 0.3 is 0 Å². The summed E-state index contributed by atoms with van der Waals surface area (Å²) in [6.07, 6.45) is 2.45. The van der Waals surface area contributed by atoms with Crippen LogP contribution in [0.3, 0.4) is 0 Å². The molecule has 3 heteroatoms. The fourth-order valence-corrected chi connectivity index (χ4v) is 2.71. The first-order valence-electron chi connectivity index (χ1n) is 6.03. The first-order chi connectivity index (χ1) is 7.79. The number of hydrogen-bond donors (Lipinski definition) is 1. The van der Waals surface area contributed by atoms with Gasteiger partial charge in [-0.05, 0) is 60.2 Å². The van der Waals surface area contributed by atoms with Gasteiger partial charge in [0.1, 0.15) is 0 Å². The molecule has 1 N–H and O–H groups in total. The molecule has 0 radical (unpaired) electrons. The van der Waals surface area contributed by atoms with Crippen LogP contribution in [0.25, 0.3) is 0 Å². The molecule has 1 fully saturated rings. The lowest BCUT2D eigenvalue weighted by molar-refractivity contribution is 0.528. The zero-order valence-electron chi connectivity index (χ0n) is 9.75. The molecule has 0 aromatic heterocycles. The Morgan fingerprint density at radius 3 is 3.12 bits per heavy atom. The minimum Gasteiger partial charge on any atom is -0.370 e. The Balaban J connectivity index is 2.12. The average Bonchev–Trinajstić information content (AvgIpc) is 2.54. The smallest absolute Gasteiger partial charge is 0.0377 e. The van der Waals surface area contributed by atoms with Crippen molar-refractivity contribution in [1.29, 1.82) is 0 Å². The highest BCUT2D eigenvalue weighted by Crippen LogP contribution is 2.19. The fraction of sp³-hybridized carbons (Fsp3) is 0.538. The average molecular weight is 330 g/mol. The van der Waals surface area contributed by atoms with Crippen molar-refractivity contribution in [3.8, 4) is 0 Å². The molecule has 1 atom stereocenters. The van der Waals surface area contributed by atoms with Crippen LogP contribution in [0.4, 0.5) is 5.69 Å². The van der Waals surface area contributed by atoms with Gasteiger partial charge in [0.2, 0.25) is 0 Å². The molecule has 88 valence electrons. The summed E-state index contributed by atoms with van der Waals surface area (Å²) in [7, 11) is 0. The van der Waals surface area contributed by atoms with Crippen molar-refractivity contribution in [3.63, 3.8) is 0 Å². The van der Waals surface area contributed by atoms with Crippen molar-refractivity contribution in [2.24, 2.45) is 0 Å². The van der Waals surface area contributed by atoms with Gasteiger partial charge in [-0.2, -0.15) is 0 Å². The lowest BCUT2D eigenvalue weighted by atomic mass is 10.2. The number of benzene rings is 1. The quantitative estimate of drug-likeness (QED) is 0.839. The van der Waals surface area contributed by atoms with Crippen molar-refractivity contribution in [1.82, 2.24) is 5.32 Å². The zero-order valence-corrected chi connectivity index (χ0v) is 11.9. The Bertz CT molecular complexity index is 340. The van der Waals surface area contributed by atoms with E-state index in [1.807, 2.05) is 0 Å². The molecule has 16 heavy (non-hydrogen) atoms. The Morgan fingerprint density at radius 2 is 2.38 bits per heavy atom. The van der Waals surface area contributed by atoms with Crippen LogP contribution in [-0.4, -0.2) is 25.7 Å². The highest BCUT2D eigenvalue weighted by Gasteiger charge is 2.16. The third-order valence-corrected chi connectivity index (χ3v) is 3.82. The van der Waals surface area contributed by atoms with Crippen LogP contribution in [0.15, 0.2) is 24.3 Å². The molecule has 1 saturated heterocycles. The second-order valence-electron chi connectivity index (χ2n) is 4.34. The molecule has 1 aromatic rings. The van der Waals surface area contributed by atoms with E-state index < -0.39 is 0 Å². The first kappa shape index (κ1) is 12.2. The van der Waals surface area contributed by atoms with Crippen molar-refractivity contribution >= 4 is 28.3 Å². The van der Waals surface area contributed by atoms with E-state index >= 15 is 0 Å². The number of hydrogen-bond acceptors (Lipinski definition) is 2. The van der Waals surface area contributed by atoms with Crippen LogP contribution < -0.4 is 10.2 Å². The van der Waals surface area contributed by atoms with Crippen molar-refractivity contribution < 1.29 is 0 Å². The molecule has 0 spiro atoms. The molecule has 0 amide bonds. The van der Waals surface area contributed by atoms with Gasteiger partial charge in [-0.3, -0.25) is 0 Å². The van der Waals surface area contributed by atoms with Crippen molar-refractivity contribution in [2.75, 3.05) is 24.5 Å². The van der Waals surface area contributed by atoms with E-state index in [0.717, 1.165) is 13.1 Å². The Hall–Kier alpha value is -0.290. The third kappa shape index (κ3) is 3.10. The summed E-state index contributed by atoms with van der Waals surface area (Å²) in [6.45, 7) is 5.72. The van der Waals surface area contributed by atoms with E-state index in [9.17, 15) is 0 Å². The highest BCUT2D eigenvalue weighted by molar-refractivity contribution is 14.1. The van der Waals surface area contributed by atoms with Gasteiger partial charge in [0, 0.05) is 28.4 Å². The number of rotatable bonds is 2. The molecular formula is C13H19IN2. The maximum Gasteiger partial charge on any atom is 0.0377 e. The molecular weight excluding hydrogens is 311 g/mol. The van der Waals surface area contributed by atoms with Crippen LogP contribution in [0.2, 0.25) is 0 Å². The predicted molar refractivity (Wildman–Crippen MR) is 78.1 cm³/mol. The minimum absolute atomic E-state index is 0.639. The van der Waals surface area contributed by atoms with Crippen LogP contribution in [0, 0.1) is 3.57 Å². The predicted octanol–water partition coefficient (Wildman–Crippen LogP) is 2.87. The summed E-state index contributed by atoms with van der Waals surface area (Å²) in [5.41, 5.74) is 1.37. The summed E-state index contributed by atoms with van der Waals surface area (Å²) in [4.78, 5) is 2.51. The molecule has 2 nitrogen and oxygen atoms in total. The topological polar surface area (TPSA) is 15.3 Å². The van der Waals surface area contributed by atoms with Crippen LogP contribution in [-0.2, 0) is 0 Å². The van der Waals surface area contributed by atoms with E-state index in [4.69, 9.17) is 0 Å². The standard InChI is InChI=1S/C13H19IN2/c1-2-12-10-16(8-4-7-15-12)13-6-3-5-11(14)9-13/h3,5-6,9,12,15H,2,4,7-8,10H2,1H3. The van der Waals surface area contributed by atoms with Crippen LogP contribution in [0.1, 0.15) is 19.8 Å². The van der Waals surface area contributed by atoms with Crippen molar-refractivity contribution in [3.05, 3.63) is 27.8 Å². The lowest BCUT2D eigenvalue weighted by Gasteiger charge is -2.26. The minimum atomic E-state index is 0.639. The molecule has 0 aliphatic carbocycles. The zero-order chi connectivity index (χ0) is 11.4. The normalized spacial score (nSPS) is 21.9. The van der Waals surface area contributed by atoms with Gasteiger partial charge in [0.05, 0.1) is 0 Å². The summed E-state index contributed by atoms with van der Waals surface area (Å²) in [5, 5.41) is 3.60. The van der Waals surface area contributed by atoms with Crippen molar-refractivity contribution in [2.45, 2.75) is 25.8 Å². The van der Waals surface area contributed by atoms with Crippen LogP contribution in [0.5, 0.6) is 0 Å². The first-order valence-corrected chi connectivity index (χ1v) is 7.11. The molecule has 1 aromatic carbocycles. The van der Waals surface area contributed by atoms with Crippen LogP contribution >= 0.6 is 22.6 Å². The maximum atomic E-state index is 3.60. The summed E-state index contributed by atoms with van der Waals surface area (Å²) in [5.74, 6) is 0. The molecule has 1 aliphatic heterocycles. The number of anilines is 1. The molecule has 1 heterocycles.